The van der Waals surface area contributed by atoms with Crippen molar-refractivity contribution in [2.75, 3.05) is 23.8 Å². The number of carbonyl (C=O) groups excluding carboxylic acids is 3. The van der Waals surface area contributed by atoms with Gasteiger partial charge in [-0.1, -0.05) is 45.0 Å². The van der Waals surface area contributed by atoms with Gasteiger partial charge in [-0.05, 0) is 54.7 Å². The van der Waals surface area contributed by atoms with Gasteiger partial charge in [0.25, 0.3) is 6.47 Å². The molecule has 0 saturated carbocycles. The Bertz CT molecular complexity index is 874. The van der Waals surface area contributed by atoms with Crippen LogP contribution in [0, 0.1) is 5.41 Å². The van der Waals surface area contributed by atoms with Crippen LogP contribution < -0.4 is 10.6 Å². The number of hydrogen-bond acceptors (Lipinski definition) is 5. The third-order valence-corrected chi connectivity index (χ3v) is 5.64. The summed E-state index contributed by atoms with van der Waals surface area (Å²) in [4.78, 5) is 34.3. The Morgan fingerprint density at radius 2 is 1.41 bits per heavy atom. The molecule has 0 heterocycles. The van der Waals surface area contributed by atoms with Crippen LogP contribution in [0.25, 0.3) is 0 Å². The Hall–Kier alpha value is -3.35. The molecule has 2 aromatic rings. The fourth-order valence-electron chi connectivity index (χ4n) is 3.01. The van der Waals surface area contributed by atoms with Crippen molar-refractivity contribution in [1.29, 1.82) is 0 Å². The fourth-order valence-corrected chi connectivity index (χ4v) is 3.01. The van der Waals surface area contributed by atoms with Crippen molar-refractivity contribution in [3.05, 3.63) is 59.7 Å². The van der Waals surface area contributed by atoms with Gasteiger partial charge in [0.15, 0.2) is 0 Å². The molecular weight excluding hydrogens is 408 g/mol. The average molecular weight is 441 g/mol. The molecule has 172 valence electrons. The molecule has 0 radical (unpaired) electrons. The summed E-state index contributed by atoms with van der Waals surface area (Å²) in [6.07, 6.45) is 2.23. The summed E-state index contributed by atoms with van der Waals surface area (Å²) in [6.45, 7) is 6.80. The van der Waals surface area contributed by atoms with Crippen molar-refractivity contribution in [2.45, 2.75) is 46.5 Å². The Balaban J connectivity index is 1.84. The topological polar surface area (TPSA) is 93.7 Å². The maximum absolute atomic E-state index is 12.5. The van der Waals surface area contributed by atoms with Gasteiger partial charge in [-0.2, -0.15) is 0 Å². The molecule has 0 aromatic heterocycles. The summed E-state index contributed by atoms with van der Waals surface area (Å²) in [5.74, 6) is 0.0474. The summed E-state index contributed by atoms with van der Waals surface area (Å²) < 4.78 is 9.55. The van der Waals surface area contributed by atoms with Crippen molar-refractivity contribution in [2.24, 2.45) is 5.41 Å². The van der Waals surface area contributed by atoms with Crippen molar-refractivity contribution in [1.82, 2.24) is 0 Å². The first-order valence-electron chi connectivity index (χ1n) is 10.9. The van der Waals surface area contributed by atoms with E-state index in [9.17, 15) is 14.4 Å². The lowest BCUT2D eigenvalue weighted by Gasteiger charge is -2.25. The second kappa shape index (κ2) is 12.5. The van der Waals surface area contributed by atoms with Crippen molar-refractivity contribution >= 4 is 29.8 Å². The van der Waals surface area contributed by atoms with E-state index in [0.29, 0.717) is 18.6 Å². The summed E-state index contributed by atoms with van der Waals surface area (Å²) in [7, 11) is 0. The number of benzene rings is 2. The number of anilines is 2. The maximum atomic E-state index is 12.5. The summed E-state index contributed by atoms with van der Waals surface area (Å²) in [5, 5.41) is 5.67. The van der Waals surface area contributed by atoms with Crippen LogP contribution in [0.3, 0.4) is 0 Å². The zero-order valence-corrected chi connectivity index (χ0v) is 19.0. The van der Waals surface area contributed by atoms with E-state index >= 15 is 0 Å². The van der Waals surface area contributed by atoms with Gasteiger partial charge in [-0.3, -0.25) is 14.9 Å². The van der Waals surface area contributed by atoms with Gasteiger partial charge >= 0.3 is 6.09 Å². The van der Waals surface area contributed by atoms with E-state index in [1.807, 2.05) is 69.3 Å². The minimum Gasteiger partial charge on any atom is -0.468 e. The molecule has 0 bridgehead atoms. The Morgan fingerprint density at radius 3 is 1.91 bits per heavy atom. The summed E-state index contributed by atoms with van der Waals surface area (Å²) >= 11 is 0. The van der Waals surface area contributed by atoms with Crippen LogP contribution in [-0.4, -0.2) is 31.7 Å². The van der Waals surface area contributed by atoms with Gasteiger partial charge in [0.2, 0.25) is 5.91 Å². The molecule has 0 aliphatic carbocycles. The van der Waals surface area contributed by atoms with E-state index < -0.39 is 6.09 Å². The molecule has 0 aliphatic rings. The fraction of sp³-hybridized carbons (Fsp3) is 0.400. The number of nitrogens with one attached hydrogen (secondary N) is 2. The van der Waals surface area contributed by atoms with Crippen LogP contribution in [0.1, 0.15) is 51.2 Å². The SMILES string of the molecule is CCC(C)(CC)C(=O)Nc1ccc(Cc2ccc(NC(=O)OCCCOC=O)cc2)cc1. The van der Waals surface area contributed by atoms with Crippen molar-refractivity contribution in [3.63, 3.8) is 0 Å². The smallest absolute Gasteiger partial charge is 0.411 e. The molecule has 2 amide bonds. The number of ether oxygens (including phenoxy) is 2. The standard InChI is InChI=1S/C25H32N2O5/c1-4-25(3,5-2)23(29)26-21-11-7-19(8-12-21)17-20-9-13-22(14-10-20)27-24(30)32-16-6-15-31-18-28/h7-14,18H,4-6,15-17H2,1-3H3,(H,26,29)(H,27,30). The van der Waals surface area contributed by atoms with Crippen LogP contribution in [0.15, 0.2) is 48.5 Å². The minimum absolute atomic E-state index is 0.0474. The minimum atomic E-state index is -0.552. The largest absolute Gasteiger partial charge is 0.468 e. The Labute approximate surface area is 189 Å². The Kier molecular flexibility index (Phi) is 9.73. The quantitative estimate of drug-likeness (QED) is 0.351. The predicted octanol–water partition coefficient (Wildman–Crippen LogP) is 5.15. The highest BCUT2D eigenvalue weighted by atomic mass is 16.6. The second-order valence-electron chi connectivity index (χ2n) is 7.87. The van der Waals surface area contributed by atoms with Crippen molar-refractivity contribution < 1.29 is 23.9 Å². The summed E-state index contributed by atoms with van der Waals surface area (Å²) in [6, 6.07) is 15.4. The van der Waals surface area contributed by atoms with Gasteiger partial charge in [0.1, 0.15) is 0 Å². The first-order valence-corrected chi connectivity index (χ1v) is 10.9. The lowest BCUT2D eigenvalue weighted by atomic mass is 9.84. The third kappa shape index (κ3) is 7.72. The maximum Gasteiger partial charge on any atom is 0.411 e. The van der Waals surface area contributed by atoms with E-state index in [1.165, 1.54) is 0 Å². The number of rotatable bonds is 12. The molecule has 0 fully saturated rings. The van der Waals surface area contributed by atoms with Gasteiger partial charge in [-0.15, -0.1) is 0 Å². The van der Waals surface area contributed by atoms with Crippen LogP contribution >= 0.6 is 0 Å². The zero-order valence-electron chi connectivity index (χ0n) is 19.0. The highest BCUT2D eigenvalue weighted by molar-refractivity contribution is 5.95. The van der Waals surface area contributed by atoms with Gasteiger partial charge in [0, 0.05) is 23.2 Å². The van der Waals surface area contributed by atoms with Gasteiger partial charge in [0.05, 0.1) is 13.2 Å². The molecule has 0 atom stereocenters. The lowest BCUT2D eigenvalue weighted by Crippen LogP contribution is -2.32. The third-order valence-electron chi connectivity index (χ3n) is 5.64. The summed E-state index contributed by atoms with van der Waals surface area (Å²) in [5.41, 5.74) is 3.29. The van der Waals surface area contributed by atoms with E-state index in [2.05, 4.69) is 15.4 Å². The highest BCUT2D eigenvalue weighted by Crippen LogP contribution is 2.27. The molecule has 0 saturated heterocycles. The lowest BCUT2D eigenvalue weighted by molar-refractivity contribution is -0.129. The molecule has 7 nitrogen and oxygen atoms in total. The zero-order chi connectivity index (χ0) is 23.4. The van der Waals surface area contributed by atoms with Crippen molar-refractivity contribution in [3.8, 4) is 0 Å². The van der Waals surface area contributed by atoms with Crippen LogP contribution in [0.4, 0.5) is 16.2 Å². The normalized spacial score (nSPS) is 10.8. The monoisotopic (exact) mass is 440 g/mol. The molecule has 7 heteroatoms. The first kappa shape index (κ1) is 24.9. The molecule has 0 spiro atoms. The van der Waals surface area contributed by atoms with Crippen LogP contribution in [0.2, 0.25) is 0 Å². The van der Waals surface area contributed by atoms with Gasteiger partial charge in [-0.25, -0.2) is 4.79 Å². The van der Waals surface area contributed by atoms with E-state index in [-0.39, 0.29) is 24.5 Å². The van der Waals surface area contributed by atoms with Crippen LogP contribution in [-0.2, 0) is 25.5 Å². The average Bonchev–Trinajstić information content (AvgIpc) is 2.81. The predicted molar refractivity (Wildman–Crippen MR) is 125 cm³/mol. The number of amides is 2. The molecule has 2 rings (SSSR count). The highest BCUT2D eigenvalue weighted by Gasteiger charge is 2.28. The Morgan fingerprint density at radius 1 is 0.875 bits per heavy atom. The molecule has 0 aliphatic heterocycles. The molecule has 0 unspecified atom stereocenters. The van der Waals surface area contributed by atoms with Gasteiger partial charge < -0.3 is 14.8 Å². The van der Waals surface area contributed by atoms with E-state index in [1.54, 1.807) is 0 Å². The second-order valence-corrected chi connectivity index (χ2v) is 7.87. The van der Waals surface area contributed by atoms with Crippen LogP contribution in [0.5, 0.6) is 0 Å². The molecule has 32 heavy (non-hydrogen) atoms. The number of carbonyl (C=O) groups is 3. The molecule has 2 aromatic carbocycles. The van der Waals surface area contributed by atoms with E-state index in [4.69, 9.17) is 4.74 Å². The number of hydrogen-bond donors (Lipinski definition) is 2. The molecule has 2 N–H and O–H groups in total. The first-order chi connectivity index (χ1) is 15.4. The van der Waals surface area contributed by atoms with E-state index in [0.717, 1.165) is 36.1 Å². The molecular formula is C25H32N2O5.